The van der Waals surface area contributed by atoms with E-state index in [-0.39, 0.29) is 11.8 Å². The fraction of sp³-hybridized carbons (Fsp3) is 0.400. The molecule has 0 saturated carbocycles. The lowest BCUT2D eigenvalue weighted by molar-refractivity contribution is 0.0295. The molecule has 174 valence electrons. The number of imidazole rings is 1. The van der Waals surface area contributed by atoms with Crippen LogP contribution in [0.15, 0.2) is 37.2 Å². The van der Waals surface area contributed by atoms with Gasteiger partial charge in [-0.25, -0.2) is 9.97 Å². The van der Waals surface area contributed by atoms with Crippen molar-refractivity contribution in [3.63, 3.8) is 0 Å². The number of amides is 2. The Morgan fingerprint density at radius 3 is 2.71 bits per heavy atom. The van der Waals surface area contributed by atoms with Gasteiger partial charge in [0.2, 0.25) is 0 Å². The van der Waals surface area contributed by atoms with Gasteiger partial charge in [0.05, 0.1) is 29.2 Å². The van der Waals surface area contributed by atoms with Gasteiger partial charge in [0.25, 0.3) is 11.8 Å². The smallest absolute Gasteiger partial charge is 0.257 e. The summed E-state index contributed by atoms with van der Waals surface area (Å²) >= 11 is 0. The summed E-state index contributed by atoms with van der Waals surface area (Å²) in [7, 11) is 0. The number of hydrogen-bond donors (Lipinski definition) is 2. The van der Waals surface area contributed by atoms with E-state index in [0.29, 0.717) is 41.6 Å². The molecule has 2 amide bonds. The molecule has 4 aromatic rings. The highest BCUT2D eigenvalue weighted by Gasteiger charge is 2.39. The second kappa shape index (κ2) is 8.23. The molecular formula is C25H27N7O2. The van der Waals surface area contributed by atoms with Gasteiger partial charge in [0, 0.05) is 50.2 Å². The minimum atomic E-state index is -0.0238. The van der Waals surface area contributed by atoms with Crippen molar-refractivity contribution in [1.29, 1.82) is 0 Å². The summed E-state index contributed by atoms with van der Waals surface area (Å²) < 4.78 is 0. The first kappa shape index (κ1) is 20.8. The van der Waals surface area contributed by atoms with Gasteiger partial charge in [-0.2, -0.15) is 0 Å². The molecule has 2 saturated heterocycles. The Balaban J connectivity index is 1.14. The summed E-state index contributed by atoms with van der Waals surface area (Å²) in [5.74, 6) is 0.811. The van der Waals surface area contributed by atoms with Gasteiger partial charge in [-0.1, -0.05) is 6.42 Å². The zero-order valence-corrected chi connectivity index (χ0v) is 19.1. The van der Waals surface area contributed by atoms with Crippen LogP contribution in [0.5, 0.6) is 0 Å². The molecule has 0 aliphatic carbocycles. The maximum Gasteiger partial charge on any atom is 0.257 e. The molecule has 1 atom stereocenters. The number of nitrogens with zero attached hydrogens (tertiary/aromatic N) is 5. The molecule has 0 spiro atoms. The largest absolute Gasteiger partial charge is 0.346 e. The van der Waals surface area contributed by atoms with Crippen molar-refractivity contribution in [3.05, 3.63) is 53.9 Å². The van der Waals surface area contributed by atoms with Gasteiger partial charge >= 0.3 is 0 Å². The molecule has 4 aromatic heterocycles. The van der Waals surface area contributed by atoms with Crippen LogP contribution in [0.3, 0.4) is 0 Å². The molecule has 9 heteroatoms. The Hall–Kier alpha value is -3.75. The predicted octanol–water partition coefficient (Wildman–Crippen LogP) is 3.16. The lowest BCUT2D eigenvalue weighted by Crippen LogP contribution is -2.54. The zero-order chi connectivity index (χ0) is 23.2. The Morgan fingerprint density at radius 1 is 0.971 bits per heavy atom. The molecule has 2 aliphatic rings. The van der Waals surface area contributed by atoms with Gasteiger partial charge in [0.15, 0.2) is 0 Å². The number of rotatable bonds is 3. The minimum Gasteiger partial charge on any atom is -0.346 e. The zero-order valence-electron chi connectivity index (χ0n) is 19.1. The molecular weight excluding hydrogens is 430 g/mol. The number of carbonyl (C=O) groups excluding carboxylic acids is 2. The number of hydrogen-bond acceptors (Lipinski definition) is 5. The van der Waals surface area contributed by atoms with Crippen LogP contribution >= 0.6 is 0 Å². The van der Waals surface area contributed by atoms with Crippen LogP contribution in [0, 0.1) is 18.8 Å². The molecule has 2 aliphatic heterocycles. The van der Waals surface area contributed by atoms with E-state index < -0.39 is 0 Å². The Bertz CT molecular complexity index is 1380. The van der Waals surface area contributed by atoms with Crippen molar-refractivity contribution in [2.45, 2.75) is 26.2 Å². The van der Waals surface area contributed by atoms with Crippen LogP contribution in [-0.2, 0) is 0 Å². The maximum absolute atomic E-state index is 13.4. The lowest BCUT2D eigenvalue weighted by Gasteiger charge is -2.44. The number of aryl methyl sites for hydroxylation is 1. The molecule has 6 rings (SSSR count). The fourth-order valence-corrected chi connectivity index (χ4v) is 5.35. The van der Waals surface area contributed by atoms with Crippen molar-refractivity contribution in [2.75, 3.05) is 26.2 Å². The van der Waals surface area contributed by atoms with Crippen LogP contribution in [0.4, 0.5) is 0 Å². The molecule has 0 radical (unpaired) electrons. The normalized spacial score (nSPS) is 19.4. The third kappa shape index (κ3) is 3.52. The van der Waals surface area contributed by atoms with Crippen molar-refractivity contribution in [1.82, 2.24) is 34.7 Å². The van der Waals surface area contributed by atoms with Gasteiger partial charge in [-0.15, -0.1) is 0 Å². The summed E-state index contributed by atoms with van der Waals surface area (Å²) in [6.45, 7) is 4.93. The summed E-state index contributed by atoms with van der Waals surface area (Å²) in [6.07, 6.45) is 11.6. The number of aromatic amines is 2. The summed E-state index contributed by atoms with van der Waals surface area (Å²) in [4.78, 5) is 49.3. The average molecular weight is 458 g/mol. The SMILES string of the molecule is Cc1c[nH]c2ncc(C(=O)N3CCCCC(C4CN(C(=O)c5cncc6[nH]cnc56)C4)C3)cc12. The summed E-state index contributed by atoms with van der Waals surface area (Å²) in [6, 6.07) is 1.95. The van der Waals surface area contributed by atoms with E-state index in [9.17, 15) is 9.59 Å². The standard InChI is InChI=1S/C25H27N7O2/c1-15-7-27-23-19(15)6-17(8-28-23)24(33)31-5-3-2-4-16(11-31)18-12-32(13-18)25(34)20-9-26-10-21-22(20)30-14-29-21/h6-10,14,16,18H,2-5,11-13H2,1H3,(H,27,28)(H,29,30). The van der Waals surface area contributed by atoms with E-state index >= 15 is 0 Å². The number of H-pyrrole nitrogens is 2. The minimum absolute atomic E-state index is 0.0238. The topological polar surface area (TPSA) is 111 Å². The van der Waals surface area contributed by atoms with Gasteiger partial charge in [-0.05, 0) is 43.2 Å². The van der Waals surface area contributed by atoms with Crippen LogP contribution < -0.4 is 0 Å². The van der Waals surface area contributed by atoms with Gasteiger partial charge in [-0.3, -0.25) is 14.6 Å². The lowest BCUT2D eigenvalue weighted by atomic mass is 9.82. The van der Waals surface area contributed by atoms with E-state index in [1.807, 2.05) is 29.0 Å². The number of pyridine rings is 2. The number of likely N-dealkylation sites (tertiary alicyclic amines) is 2. The first-order valence-electron chi connectivity index (χ1n) is 11.9. The third-order valence-electron chi connectivity index (χ3n) is 7.41. The molecule has 0 aromatic carbocycles. The number of aromatic nitrogens is 5. The van der Waals surface area contributed by atoms with Crippen molar-refractivity contribution in [3.8, 4) is 0 Å². The number of carbonyl (C=O) groups is 2. The van der Waals surface area contributed by atoms with Crippen molar-refractivity contribution >= 4 is 33.9 Å². The van der Waals surface area contributed by atoms with E-state index in [0.717, 1.165) is 54.5 Å². The van der Waals surface area contributed by atoms with Crippen LogP contribution in [0.2, 0.25) is 0 Å². The monoisotopic (exact) mass is 457 g/mol. The van der Waals surface area contributed by atoms with E-state index in [1.54, 1.807) is 24.9 Å². The molecule has 6 heterocycles. The first-order chi connectivity index (χ1) is 16.6. The highest BCUT2D eigenvalue weighted by molar-refractivity contribution is 6.04. The average Bonchev–Trinajstić information content (AvgIpc) is 3.37. The highest BCUT2D eigenvalue weighted by Crippen LogP contribution is 2.32. The summed E-state index contributed by atoms with van der Waals surface area (Å²) in [5, 5.41) is 0.992. The number of fused-ring (bicyclic) bond motifs is 2. The van der Waals surface area contributed by atoms with Crippen LogP contribution in [0.1, 0.15) is 45.5 Å². The second-order valence-corrected chi connectivity index (χ2v) is 9.55. The molecule has 34 heavy (non-hydrogen) atoms. The van der Waals surface area contributed by atoms with E-state index in [2.05, 4.69) is 24.9 Å². The molecule has 1 unspecified atom stereocenters. The summed E-state index contributed by atoms with van der Waals surface area (Å²) in [5.41, 5.74) is 4.51. The van der Waals surface area contributed by atoms with Gasteiger partial charge < -0.3 is 19.8 Å². The highest BCUT2D eigenvalue weighted by atomic mass is 16.2. The predicted molar refractivity (Wildman–Crippen MR) is 127 cm³/mol. The van der Waals surface area contributed by atoms with Crippen molar-refractivity contribution in [2.24, 2.45) is 11.8 Å². The number of nitrogens with one attached hydrogen (secondary N) is 2. The molecule has 2 N–H and O–H groups in total. The maximum atomic E-state index is 13.4. The third-order valence-corrected chi connectivity index (χ3v) is 7.41. The Morgan fingerprint density at radius 2 is 1.82 bits per heavy atom. The first-order valence-corrected chi connectivity index (χ1v) is 11.9. The second-order valence-electron chi connectivity index (χ2n) is 9.55. The fourth-order valence-electron chi connectivity index (χ4n) is 5.35. The Kier molecular flexibility index (Phi) is 5.04. The van der Waals surface area contributed by atoms with E-state index in [1.165, 1.54) is 0 Å². The molecule has 9 nitrogen and oxygen atoms in total. The van der Waals surface area contributed by atoms with Gasteiger partial charge in [0.1, 0.15) is 11.2 Å². The quantitative estimate of drug-likeness (QED) is 0.491. The molecule has 2 fully saturated rings. The Labute approximate surface area is 196 Å². The van der Waals surface area contributed by atoms with Crippen LogP contribution in [0.25, 0.3) is 22.1 Å². The van der Waals surface area contributed by atoms with Crippen LogP contribution in [-0.4, -0.2) is 72.7 Å². The molecule has 0 bridgehead atoms. The van der Waals surface area contributed by atoms with Crippen molar-refractivity contribution < 1.29 is 9.59 Å². The van der Waals surface area contributed by atoms with E-state index in [4.69, 9.17) is 0 Å².